The van der Waals surface area contributed by atoms with Gasteiger partial charge in [-0.3, -0.25) is 4.79 Å². The molecule has 1 aromatic carbocycles. The molecule has 112 valence electrons. The largest absolute Gasteiger partial charge is 0.484 e. The van der Waals surface area contributed by atoms with Crippen LogP contribution in [0.2, 0.25) is 0 Å². The number of nitrogens with zero attached hydrogens (tertiary/aromatic N) is 1. The second-order valence-electron chi connectivity index (χ2n) is 5.02. The van der Waals surface area contributed by atoms with Crippen LogP contribution in [0.15, 0.2) is 30.6 Å². The monoisotopic (exact) mass is 287 g/mol. The van der Waals surface area contributed by atoms with E-state index in [0.717, 1.165) is 30.0 Å². The van der Waals surface area contributed by atoms with E-state index in [9.17, 15) is 4.79 Å². The number of rotatable bonds is 7. The van der Waals surface area contributed by atoms with Crippen molar-refractivity contribution < 1.29 is 9.53 Å². The zero-order valence-electron chi connectivity index (χ0n) is 12.5. The molecular formula is C16H21N3O2. The third kappa shape index (κ3) is 4.95. The first-order valence-corrected chi connectivity index (χ1v) is 7.10. The van der Waals surface area contributed by atoms with E-state index in [4.69, 9.17) is 4.74 Å². The summed E-state index contributed by atoms with van der Waals surface area (Å²) in [5, 5.41) is 2.84. The van der Waals surface area contributed by atoms with Crippen LogP contribution in [-0.4, -0.2) is 29.0 Å². The zero-order valence-corrected chi connectivity index (χ0v) is 12.5. The molecule has 1 heterocycles. The summed E-state index contributed by atoms with van der Waals surface area (Å²) in [6.45, 7) is 4.74. The van der Waals surface area contributed by atoms with Crippen molar-refractivity contribution in [1.29, 1.82) is 0 Å². The lowest BCUT2D eigenvalue weighted by atomic mass is 10.1. The van der Waals surface area contributed by atoms with Crippen molar-refractivity contribution in [1.82, 2.24) is 15.3 Å². The predicted octanol–water partition coefficient (Wildman–Crippen LogP) is 2.15. The lowest BCUT2D eigenvalue weighted by Gasteiger charge is -2.08. The second kappa shape index (κ2) is 7.47. The molecule has 0 saturated carbocycles. The Morgan fingerprint density at radius 1 is 1.33 bits per heavy atom. The molecule has 5 nitrogen and oxygen atoms in total. The first-order valence-electron chi connectivity index (χ1n) is 7.10. The van der Waals surface area contributed by atoms with Crippen LogP contribution in [0.3, 0.4) is 0 Å². The number of carbonyl (C=O) groups excluding carboxylic acids is 1. The van der Waals surface area contributed by atoms with E-state index < -0.39 is 0 Å². The quantitative estimate of drug-likeness (QED) is 0.767. The third-order valence-corrected chi connectivity index (χ3v) is 3.32. The summed E-state index contributed by atoms with van der Waals surface area (Å²) in [6, 6.07) is 5.82. The highest BCUT2D eigenvalue weighted by atomic mass is 16.5. The number of amides is 1. The van der Waals surface area contributed by atoms with E-state index >= 15 is 0 Å². The smallest absolute Gasteiger partial charge is 0.257 e. The molecule has 0 fully saturated rings. The van der Waals surface area contributed by atoms with E-state index in [0.29, 0.717) is 6.54 Å². The molecule has 5 heteroatoms. The highest BCUT2D eigenvalue weighted by Crippen LogP contribution is 2.16. The maximum absolute atomic E-state index is 11.7. The normalized spacial score (nSPS) is 10.4. The molecule has 0 spiro atoms. The van der Waals surface area contributed by atoms with Crippen LogP contribution in [0.4, 0.5) is 0 Å². The Hall–Kier alpha value is -2.30. The molecule has 0 aliphatic heterocycles. The molecule has 0 saturated heterocycles. The Bertz CT molecular complexity index is 579. The number of H-pyrrole nitrogens is 1. The van der Waals surface area contributed by atoms with E-state index in [-0.39, 0.29) is 12.5 Å². The molecule has 2 rings (SSSR count). The fourth-order valence-corrected chi connectivity index (χ4v) is 1.92. The van der Waals surface area contributed by atoms with Crippen LogP contribution in [0.25, 0.3) is 0 Å². The van der Waals surface area contributed by atoms with Gasteiger partial charge in [-0.2, -0.15) is 0 Å². The van der Waals surface area contributed by atoms with Gasteiger partial charge in [-0.1, -0.05) is 6.07 Å². The standard InChI is InChI=1S/C16H21N3O2/c1-12-5-6-14(10-13(12)2)21-11-16(20)19-7-3-4-15-17-8-9-18-15/h5-6,8-10H,3-4,7,11H2,1-2H3,(H,17,18)(H,19,20). The zero-order chi connectivity index (χ0) is 15.1. The number of benzene rings is 1. The second-order valence-corrected chi connectivity index (χ2v) is 5.02. The number of ether oxygens (including phenoxy) is 1. The number of aromatic amines is 1. The molecule has 21 heavy (non-hydrogen) atoms. The number of aromatic nitrogens is 2. The fraction of sp³-hybridized carbons (Fsp3) is 0.375. The van der Waals surface area contributed by atoms with Gasteiger partial charge in [0.2, 0.25) is 0 Å². The van der Waals surface area contributed by atoms with Crippen molar-refractivity contribution in [2.45, 2.75) is 26.7 Å². The highest BCUT2D eigenvalue weighted by Gasteiger charge is 2.03. The van der Waals surface area contributed by atoms with Crippen LogP contribution >= 0.6 is 0 Å². The highest BCUT2D eigenvalue weighted by molar-refractivity contribution is 5.77. The molecule has 0 aliphatic rings. The molecule has 0 unspecified atom stereocenters. The Balaban J connectivity index is 1.64. The van der Waals surface area contributed by atoms with Gasteiger partial charge in [0.15, 0.2) is 6.61 Å². The van der Waals surface area contributed by atoms with Crippen molar-refractivity contribution in [3.8, 4) is 5.75 Å². The van der Waals surface area contributed by atoms with Crippen LogP contribution in [0.5, 0.6) is 5.75 Å². The van der Waals surface area contributed by atoms with Crippen molar-refractivity contribution in [3.63, 3.8) is 0 Å². The van der Waals surface area contributed by atoms with Gasteiger partial charge >= 0.3 is 0 Å². The average molecular weight is 287 g/mol. The van der Waals surface area contributed by atoms with Gasteiger partial charge in [-0.25, -0.2) is 4.98 Å². The summed E-state index contributed by atoms with van der Waals surface area (Å²) < 4.78 is 5.48. The minimum absolute atomic E-state index is 0.0449. The van der Waals surface area contributed by atoms with E-state index in [1.54, 1.807) is 12.4 Å². The number of carbonyl (C=O) groups is 1. The van der Waals surface area contributed by atoms with Gasteiger partial charge in [0.1, 0.15) is 11.6 Å². The molecule has 2 N–H and O–H groups in total. The summed E-state index contributed by atoms with van der Waals surface area (Å²) in [5.41, 5.74) is 2.37. The van der Waals surface area contributed by atoms with Crippen molar-refractivity contribution in [2.75, 3.05) is 13.2 Å². The van der Waals surface area contributed by atoms with Gasteiger partial charge in [0.25, 0.3) is 5.91 Å². The van der Waals surface area contributed by atoms with Crippen LogP contribution in [0, 0.1) is 13.8 Å². The Morgan fingerprint density at radius 2 is 2.19 bits per heavy atom. The van der Waals surface area contributed by atoms with Gasteiger partial charge in [0, 0.05) is 25.4 Å². The molecule has 0 atom stereocenters. The Morgan fingerprint density at radius 3 is 2.90 bits per heavy atom. The summed E-state index contributed by atoms with van der Waals surface area (Å²) in [7, 11) is 0. The van der Waals surface area contributed by atoms with E-state index in [1.807, 2.05) is 32.0 Å². The molecule has 2 aromatic rings. The summed E-state index contributed by atoms with van der Waals surface area (Å²) in [4.78, 5) is 18.8. The van der Waals surface area contributed by atoms with Gasteiger partial charge in [-0.15, -0.1) is 0 Å². The van der Waals surface area contributed by atoms with Gasteiger partial charge < -0.3 is 15.0 Å². The maximum Gasteiger partial charge on any atom is 0.257 e. The van der Waals surface area contributed by atoms with Crippen LogP contribution in [0.1, 0.15) is 23.4 Å². The number of aryl methyl sites for hydroxylation is 3. The SMILES string of the molecule is Cc1ccc(OCC(=O)NCCCc2ncc[nH]2)cc1C. The van der Waals surface area contributed by atoms with Gasteiger partial charge in [-0.05, 0) is 43.5 Å². The molecule has 0 radical (unpaired) electrons. The van der Waals surface area contributed by atoms with E-state index in [1.165, 1.54) is 5.56 Å². The topological polar surface area (TPSA) is 67.0 Å². The molecule has 1 aromatic heterocycles. The summed E-state index contributed by atoms with van der Waals surface area (Å²) in [6.07, 6.45) is 5.20. The first-order chi connectivity index (χ1) is 10.1. The maximum atomic E-state index is 11.7. The number of imidazole rings is 1. The van der Waals surface area contributed by atoms with E-state index in [2.05, 4.69) is 15.3 Å². The summed E-state index contributed by atoms with van der Waals surface area (Å²) >= 11 is 0. The molecular weight excluding hydrogens is 266 g/mol. The Kier molecular flexibility index (Phi) is 5.37. The predicted molar refractivity (Wildman–Crippen MR) is 81.3 cm³/mol. The molecule has 0 aliphatic carbocycles. The van der Waals surface area contributed by atoms with Gasteiger partial charge in [0.05, 0.1) is 0 Å². The molecule has 0 bridgehead atoms. The van der Waals surface area contributed by atoms with Crippen molar-refractivity contribution in [3.05, 3.63) is 47.5 Å². The lowest BCUT2D eigenvalue weighted by Crippen LogP contribution is -2.30. The lowest BCUT2D eigenvalue weighted by molar-refractivity contribution is -0.123. The number of nitrogens with one attached hydrogen (secondary N) is 2. The first kappa shape index (κ1) is 15.1. The summed E-state index contributed by atoms with van der Waals surface area (Å²) in [5.74, 6) is 1.56. The van der Waals surface area contributed by atoms with Crippen LogP contribution < -0.4 is 10.1 Å². The Labute approximate surface area is 124 Å². The van der Waals surface area contributed by atoms with Crippen LogP contribution in [-0.2, 0) is 11.2 Å². The van der Waals surface area contributed by atoms with Crippen molar-refractivity contribution in [2.24, 2.45) is 0 Å². The van der Waals surface area contributed by atoms with Crippen molar-refractivity contribution >= 4 is 5.91 Å². The number of hydrogen-bond acceptors (Lipinski definition) is 3. The average Bonchev–Trinajstić information content (AvgIpc) is 2.98. The molecule has 1 amide bonds. The fourth-order valence-electron chi connectivity index (χ4n) is 1.92. The third-order valence-electron chi connectivity index (χ3n) is 3.32. The number of hydrogen-bond donors (Lipinski definition) is 2. The minimum atomic E-state index is -0.104. The minimum Gasteiger partial charge on any atom is -0.484 e.